The van der Waals surface area contributed by atoms with Crippen molar-refractivity contribution in [3.8, 4) is 0 Å². The summed E-state index contributed by atoms with van der Waals surface area (Å²) in [6.07, 6.45) is 7.73. The molecule has 1 saturated heterocycles. The van der Waals surface area contributed by atoms with Crippen LogP contribution < -0.4 is 0 Å². The van der Waals surface area contributed by atoms with Crippen LogP contribution in [-0.4, -0.2) is 25.1 Å². The van der Waals surface area contributed by atoms with Crippen LogP contribution in [0.2, 0.25) is 0 Å². The van der Waals surface area contributed by atoms with Crippen molar-refractivity contribution in [3.05, 3.63) is 0 Å². The highest BCUT2D eigenvalue weighted by Crippen LogP contribution is 2.41. The molecule has 136 valence electrons. The zero-order valence-corrected chi connectivity index (χ0v) is 15.3. The Morgan fingerprint density at radius 2 is 1.83 bits per heavy atom. The first-order valence-corrected chi connectivity index (χ1v) is 9.92. The van der Waals surface area contributed by atoms with E-state index in [1.165, 1.54) is 25.7 Å². The molecule has 0 aromatic carbocycles. The van der Waals surface area contributed by atoms with Crippen LogP contribution in [0.25, 0.3) is 0 Å². The third kappa shape index (κ3) is 5.41. The van der Waals surface area contributed by atoms with Crippen LogP contribution in [0.15, 0.2) is 0 Å². The fourth-order valence-electron chi connectivity index (χ4n) is 4.54. The fourth-order valence-corrected chi connectivity index (χ4v) is 4.54. The molecule has 23 heavy (non-hydrogen) atoms. The summed E-state index contributed by atoms with van der Waals surface area (Å²) in [5.41, 5.74) is 0. The third-order valence-corrected chi connectivity index (χ3v) is 6.23. The summed E-state index contributed by atoms with van der Waals surface area (Å²) in [5.74, 6) is 0.802. The second kappa shape index (κ2) is 9.34. The Morgan fingerprint density at radius 3 is 2.48 bits per heavy atom. The summed E-state index contributed by atoms with van der Waals surface area (Å²) in [6.45, 7) is 7.05. The predicted molar refractivity (Wildman–Crippen MR) is 92.1 cm³/mol. The number of hydrogen-bond acceptors (Lipinski definition) is 1. The van der Waals surface area contributed by atoms with Gasteiger partial charge in [-0.05, 0) is 55.8 Å². The van der Waals surface area contributed by atoms with E-state index in [0.717, 1.165) is 38.0 Å². The monoisotopic (exact) mass is 330 g/mol. The van der Waals surface area contributed by atoms with Gasteiger partial charge in [0.2, 0.25) is 0 Å². The lowest BCUT2D eigenvalue weighted by molar-refractivity contribution is -0.0726. The van der Waals surface area contributed by atoms with E-state index in [0.29, 0.717) is 12.7 Å². The van der Waals surface area contributed by atoms with Gasteiger partial charge in [0.1, 0.15) is 12.3 Å². The summed E-state index contributed by atoms with van der Waals surface area (Å²) in [7, 11) is 0. The first-order chi connectivity index (χ1) is 11.0. The smallest absolute Gasteiger partial charge is 0.135 e. The Hall–Kier alpha value is -0.180. The van der Waals surface area contributed by atoms with E-state index in [1.54, 1.807) is 0 Å². The SMILES string of the molecule is CCCC(C)CCCC1CCC(C2CCC(C)C(F)C2F)CO1. The van der Waals surface area contributed by atoms with Crippen molar-refractivity contribution in [2.24, 2.45) is 23.7 Å². The largest absolute Gasteiger partial charge is 0.378 e. The lowest BCUT2D eigenvalue weighted by Gasteiger charge is -2.40. The molecule has 1 heterocycles. The minimum atomic E-state index is -1.28. The average Bonchev–Trinajstić information content (AvgIpc) is 2.54. The van der Waals surface area contributed by atoms with E-state index in [1.807, 2.05) is 6.92 Å². The highest BCUT2D eigenvalue weighted by Gasteiger charge is 2.42. The highest BCUT2D eigenvalue weighted by atomic mass is 19.2. The zero-order valence-electron chi connectivity index (χ0n) is 15.3. The molecule has 0 aromatic heterocycles. The molecule has 2 aliphatic rings. The third-order valence-electron chi connectivity index (χ3n) is 6.23. The number of alkyl halides is 2. The van der Waals surface area contributed by atoms with Gasteiger partial charge in [-0.15, -0.1) is 0 Å². The lowest BCUT2D eigenvalue weighted by atomic mass is 9.72. The molecule has 7 unspecified atom stereocenters. The standard InChI is InChI=1S/C20H36F2O/c1-4-6-14(2)7-5-8-17-11-10-16(13-23-17)18-12-9-15(3)19(21)20(18)22/h14-20H,4-13H2,1-3H3. The van der Waals surface area contributed by atoms with Crippen LogP contribution >= 0.6 is 0 Å². The van der Waals surface area contributed by atoms with Gasteiger partial charge < -0.3 is 4.74 Å². The second-order valence-corrected chi connectivity index (χ2v) is 8.22. The van der Waals surface area contributed by atoms with Crippen molar-refractivity contribution in [2.45, 2.75) is 97.0 Å². The number of rotatable bonds is 7. The van der Waals surface area contributed by atoms with Crippen LogP contribution in [-0.2, 0) is 4.74 Å². The molecule has 2 rings (SSSR count). The lowest BCUT2D eigenvalue weighted by Crippen LogP contribution is -2.43. The zero-order chi connectivity index (χ0) is 16.8. The first kappa shape index (κ1) is 19.1. The van der Waals surface area contributed by atoms with Crippen LogP contribution in [0.5, 0.6) is 0 Å². The maximum absolute atomic E-state index is 14.3. The Kier molecular flexibility index (Phi) is 7.78. The van der Waals surface area contributed by atoms with Crippen LogP contribution in [0.3, 0.4) is 0 Å². The van der Waals surface area contributed by atoms with Crippen molar-refractivity contribution >= 4 is 0 Å². The van der Waals surface area contributed by atoms with Gasteiger partial charge in [-0.25, -0.2) is 8.78 Å². The van der Waals surface area contributed by atoms with Gasteiger partial charge in [0, 0.05) is 0 Å². The summed E-state index contributed by atoms with van der Waals surface area (Å²) >= 11 is 0. The molecular weight excluding hydrogens is 294 g/mol. The van der Waals surface area contributed by atoms with Crippen molar-refractivity contribution in [1.82, 2.24) is 0 Å². The van der Waals surface area contributed by atoms with Crippen LogP contribution in [0.1, 0.15) is 78.6 Å². The molecule has 1 nitrogen and oxygen atoms in total. The maximum atomic E-state index is 14.3. The highest BCUT2D eigenvalue weighted by molar-refractivity contribution is 4.90. The molecule has 0 N–H and O–H groups in total. The summed E-state index contributed by atoms with van der Waals surface area (Å²) in [5, 5.41) is 0. The van der Waals surface area contributed by atoms with E-state index in [2.05, 4.69) is 13.8 Å². The molecule has 2 fully saturated rings. The van der Waals surface area contributed by atoms with Crippen molar-refractivity contribution in [1.29, 1.82) is 0 Å². The molecule has 1 aliphatic carbocycles. The van der Waals surface area contributed by atoms with Crippen molar-refractivity contribution in [2.75, 3.05) is 6.61 Å². The summed E-state index contributed by atoms with van der Waals surface area (Å²) in [4.78, 5) is 0. The Labute approximate surface area is 141 Å². The molecule has 7 atom stereocenters. The van der Waals surface area contributed by atoms with Gasteiger partial charge in [0.05, 0.1) is 12.7 Å². The normalized spacial score (nSPS) is 40.0. The topological polar surface area (TPSA) is 9.23 Å². The van der Waals surface area contributed by atoms with Crippen molar-refractivity contribution < 1.29 is 13.5 Å². The Balaban J connectivity index is 1.67. The molecule has 1 aliphatic heterocycles. The quantitative estimate of drug-likeness (QED) is 0.547. The van der Waals surface area contributed by atoms with E-state index in [4.69, 9.17) is 4.74 Å². The molecule has 0 bridgehead atoms. The van der Waals surface area contributed by atoms with Crippen molar-refractivity contribution in [3.63, 3.8) is 0 Å². The molecule has 0 spiro atoms. The summed E-state index contributed by atoms with van der Waals surface area (Å²) in [6, 6.07) is 0. The molecule has 0 aromatic rings. The number of ether oxygens (including phenoxy) is 1. The Bertz CT molecular complexity index is 328. The molecule has 0 radical (unpaired) electrons. The number of hydrogen-bond donors (Lipinski definition) is 0. The van der Waals surface area contributed by atoms with E-state index >= 15 is 0 Å². The van der Waals surface area contributed by atoms with E-state index in [-0.39, 0.29) is 17.8 Å². The van der Waals surface area contributed by atoms with Gasteiger partial charge >= 0.3 is 0 Å². The van der Waals surface area contributed by atoms with Gasteiger partial charge in [-0.2, -0.15) is 0 Å². The average molecular weight is 331 g/mol. The predicted octanol–water partition coefficient (Wildman–Crippen LogP) is 6.11. The maximum Gasteiger partial charge on any atom is 0.135 e. The molecule has 0 amide bonds. The Morgan fingerprint density at radius 1 is 1.04 bits per heavy atom. The van der Waals surface area contributed by atoms with Gasteiger partial charge in [0.25, 0.3) is 0 Å². The van der Waals surface area contributed by atoms with Gasteiger partial charge in [-0.3, -0.25) is 0 Å². The van der Waals surface area contributed by atoms with Crippen LogP contribution in [0.4, 0.5) is 8.78 Å². The van der Waals surface area contributed by atoms with Gasteiger partial charge in [0.15, 0.2) is 0 Å². The first-order valence-electron chi connectivity index (χ1n) is 9.92. The van der Waals surface area contributed by atoms with Crippen LogP contribution in [0, 0.1) is 23.7 Å². The number of halogens is 2. The molecule has 1 saturated carbocycles. The molecular formula is C20H36F2O. The van der Waals surface area contributed by atoms with Gasteiger partial charge in [-0.1, -0.05) is 46.5 Å². The minimum Gasteiger partial charge on any atom is -0.378 e. The molecule has 3 heteroatoms. The second-order valence-electron chi connectivity index (χ2n) is 8.22. The summed E-state index contributed by atoms with van der Waals surface area (Å²) < 4.78 is 34.3. The minimum absolute atomic E-state index is 0.119. The van der Waals surface area contributed by atoms with E-state index < -0.39 is 12.3 Å². The fraction of sp³-hybridized carbons (Fsp3) is 1.00. The van der Waals surface area contributed by atoms with E-state index in [9.17, 15) is 8.78 Å².